The van der Waals surface area contributed by atoms with Crippen molar-refractivity contribution >= 4 is 11.7 Å². The molecule has 5 heteroatoms. The third-order valence-electron chi connectivity index (χ3n) is 10.6. The molecule has 0 heterocycles. The lowest BCUT2D eigenvalue weighted by Gasteiger charge is -2.62. The largest absolute Gasteiger partial charge is 0.494 e. The van der Waals surface area contributed by atoms with E-state index in [4.69, 9.17) is 10.5 Å². The van der Waals surface area contributed by atoms with Crippen LogP contribution in [0.2, 0.25) is 0 Å². The molecule has 1 aromatic carbocycles. The lowest BCUT2D eigenvalue weighted by molar-refractivity contribution is -0.146. The molecule has 3 N–H and O–H groups in total. The summed E-state index contributed by atoms with van der Waals surface area (Å²) in [5.41, 5.74) is 6.84. The molecule has 186 valence electrons. The zero-order chi connectivity index (χ0) is 24.1. The first kappa shape index (κ1) is 23.8. The summed E-state index contributed by atoms with van der Waals surface area (Å²) >= 11 is 0. The minimum Gasteiger partial charge on any atom is -0.494 e. The molecule has 4 fully saturated rings. The predicted molar refractivity (Wildman–Crippen MR) is 131 cm³/mol. The van der Waals surface area contributed by atoms with Crippen LogP contribution in [0.1, 0.15) is 89.5 Å². The van der Waals surface area contributed by atoms with Crippen molar-refractivity contribution in [1.82, 2.24) is 0 Å². The summed E-state index contributed by atoms with van der Waals surface area (Å²) in [6.07, 6.45) is 8.70. The molecule has 0 radical (unpaired) electrons. The zero-order valence-electron chi connectivity index (χ0n) is 20.8. The molecule has 1 aromatic rings. The molecular weight excluding hydrogens is 426 g/mol. The number of fused-ring (bicyclic) bond motifs is 5. The maximum Gasteiger partial charge on any atom is 0.217 e. The first-order valence-electron chi connectivity index (χ1n) is 13.4. The summed E-state index contributed by atoms with van der Waals surface area (Å²) in [7, 11) is 0. The van der Waals surface area contributed by atoms with Gasteiger partial charge in [-0.2, -0.15) is 0 Å². The lowest BCUT2D eigenvalue weighted by atomic mass is 9.42. The normalized spacial score (nSPS) is 41.3. The van der Waals surface area contributed by atoms with E-state index in [0.29, 0.717) is 54.8 Å². The van der Waals surface area contributed by atoms with Gasteiger partial charge in [-0.15, -0.1) is 0 Å². The second kappa shape index (κ2) is 8.96. The van der Waals surface area contributed by atoms with Gasteiger partial charge < -0.3 is 15.6 Å². The molecule has 0 aliphatic heterocycles. The standard InChI is InChI=1S/C29H41NO4/c1-28-13-11-20(31)16-19(28)17-22(18-5-7-21(8-6-18)34-15-3-4-26(30)33)27-23-9-10-25(32)29(23,2)14-12-24(27)28/h5-8,19,22-25,27,32H,3-4,9-17H2,1-2H3,(H2,30,33)/t19?,22?,23-,24+,25?,27-,28-,29-/m0/s1. The van der Waals surface area contributed by atoms with Crippen molar-refractivity contribution in [1.29, 1.82) is 0 Å². The molecule has 8 atom stereocenters. The van der Waals surface area contributed by atoms with Crippen LogP contribution in [0.4, 0.5) is 0 Å². The molecule has 1 amide bonds. The molecule has 5 rings (SSSR count). The Balaban J connectivity index is 1.42. The highest BCUT2D eigenvalue weighted by atomic mass is 16.5. The van der Waals surface area contributed by atoms with Gasteiger partial charge in [0.25, 0.3) is 0 Å². The van der Waals surface area contributed by atoms with Crippen molar-refractivity contribution < 1.29 is 19.4 Å². The van der Waals surface area contributed by atoms with Crippen molar-refractivity contribution in [2.24, 2.45) is 40.2 Å². The highest BCUT2D eigenvalue weighted by Gasteiger charge is 2.62. The summed E-state index contributed by atoms with van der Waals surface area (Å²) in [6, 6.07) is 8.55. The minimum atomic E-state index is -0.296. The fourth-order valence-electron chi connectivity index (χ4n) is 8.63. The molecule has 4 saturated carbocycles. The molecule has 34 heavy (non-hydrogen) atoms. The van der Waals surface area contributed by atoms with Crippen LogP contribution in [-0.2, 0) is 9.59 Å². The SMILES string of the molecule is C[C@]12CCC(=O)CC1CC(c1ccc(OCCCC(N)=O)cc1)[C@@H]1[C@H]2CC[C@]2(C)C(O)CC[C@@H]12. The molecule has 0 spiro atoms. The van der Waals surface area contributed by atoms with E-state index in [1.54, 1.807) is 0 Å². The number of ketones is 1. The van der Waals surface area contributed by atoms with Crippen LogP contribution in [0.25, 0.3) is 0 Å². The van der Waals surface area contributed by atoms with E-state index in [1.165, 1.54) is 12.0 Å². The summed E-state index contributed by atoms with van der Waals surface area (Å²) in [4.78, 5) is 23.4. The second-order valence-corrected chi connectivity index (χ2v) is 12.2. The zero-order valence-corrected chi connectivity index (χ0v) is 20.8. The van der Waals surface area contributed by atoms with Crippen molar-refractivity contribution in [3.8, 4) is 5.75 Å². The average Bonchev–Trinajstić information content (AvgIpc) is 3.12. The van der Waals surface area contributed by atoms with Gasteiger partial charge in [0.2, 0.25) is 5.91 Å². The Hall–Kier alpha value is -1.88. The third-order valence-corrected chi connectivity index (χ3v) is 10.6. The smallest absolute Gasteiger partial charge is 0.217 e. The van der Waals surface area contributed by atoms with Gasteiger partial charge in [0.1, 0.15) is 11.5 Å². The number of hydrogen-bond acceptors (Lipinski definition) is 4. The maximum atomic E-state index is 12.5. The Morgan fingerprint density at radius 2 is 1.82 bits per heavy atom. The fraction of sp³-hybridized carbons (Fsp3) is 0.724. The Bertz CT molecular complexity index is 929. The number of ether oxygens (including phenoxy) is 1. The summed E-state index contributed by atoms with van der Waals surface area (Å²) in [5.74, 6) is 3.58. The highest BCUT2D eigenvalue weighted by Crippen LogP contribution is 2.68. The van der Waals surface area contributed by atoms with E-state index in [2.05, 4.69) is 38.1 Å². The van der Waals surface area contributed by atoms with Crippen LogP contribution >= 0.6 is 0 Å². The molecule has 0 bridgehead atoms. The third kappa shape index (κ3) is 3.98. The number of benzene rings is 1. The van der Waals surface area contributed by atoms with E-state index < -0.39 is 0 Å². The fourth-order valence-corrected chi connectivity index (χ4v) is 8.63. The molecule has 5 nitrogen and oxygen atoms in total. The van der Waals surface area contributed by atoms with Gasteiger partial charge in [-0.05, 0) is 103 Å². The van der Waals surface area contributed by atoms with E-state index >= 15 is 0 Å². The van der Waals surface area contributed by atoms with E-state index in [0.717, 1.165) is 50.7 Å². The van der Waals surface area contributed by atoms with Gasteiger partial charge in [0.15, 0.2) is 0 Å². The van der Waals surface area contributed by atoms with E-state index in [9.17, 15) is 14.7 Å². The molecule has 4 aliphatic carbocycles. The van der Waals surface area contributed by atoms with Gasteiger partial charge in [-0.1, -0.05) is 26.0 Å². The Morgan fingerprint density at radius 3 is 2.56 bits per heavy atom. The maximum absolute atomic E-state index is 12.5. The Morgan fingerprint density at radius 1 is 1.09 bits per heavy atom. The number of primary amides is 1. The first-order valence-corrected chi connectivity index (χ1v) is 13.4. The number of aliphatic hydroxyl groups is 1. The molecular formula is C29H41NO4. The number of carbonyl (C=O) groups excluding carboxylic acids is 2. The van der Waals surface area contributed by atoms with E-state index in [-0.39, 0.29) is 22.8 Å². The topological polar surface area (TPSA) is 89.6 Å². The van der Waals surface area contributed by atoms with Crippen LogP contribution in [0, 0.1) is 34.5 Å². The van der Waals surface area contributed by atoms with Crippen LogP contribution in [0.3, 0.4) is 0 Å². The van der Waals surface area contributed by atoms with Gasteiger partial charge in [-0.3, -0.25) is 9.59 Å². The van der Waals surface area contributed by atoms with Gasteiger partial charge in [-0.25, -0.2) is 0 Å². The van der Waals surface area contributed by atoms with Gasteiger partial charge >= 0.3 is 0 Å². The molecule has 0 aromatic heterocycles. The molecule has 0 saturated heterocycles. The number of nitrogens with two attached hydrogens (primary N) is 1. The lowest BCUT2D eigenvalue weighted by Crippen LogP contribution is -2.56. The minimum absolute atomic E-state index is 0.0244. The summed E-state index contributed by atoms with van der Waals surface area (Å²) in [6.45, 7) is 5.30. The summed E-state index contributed by atoms with van der Waals surface area (Å²) in [5, 5.41) is 10.9. The van der Waals surface area contributed by atoms with Crippen molar-refractivity contribution in [3.63, 3.8) is 0 Å². The molecule has 4 aliphatic rings. The second-order valence-electron chi connectivity index (χ2n) is 12.2. The van der Waals surface area contributed by atoms with Gasteiger partial charge in [0, 0.05) is 19.3 Å². The van der Waals surface area contributed by atoms with Crippen LogP contribution in [-0.4, -0.2) is 29.5 Å². The number of carbonyl (C=O) groups is 2. The quantitative estimate of drug-likeness (QED) is 0.576. The predicted octanol–water partition coefficient (Wildman–Crippen LogP) is 5.00. The van der Waals surface area contributed by atoms with Crippen LogP contribution in [0.15, 0.2) is 24.3 Å². The highest BCUT2D eigenvalue weighted by molar-refractivity contribution is 5.79. The number of Topliss-reactive ketones (excluding diaryl/α,β-unsaturated/α-hetero) is 1. The number of aliphatic hydroxyl groups excluding tert-OH is 1. The Kier molecular flexibility index (Phi) is 6.29. The van der Waals surface area contributed by atoms with Gasteiger partial charge in [0.05, 0.1) is 12.7 Å². The van der Waals surface area contributed by atoms with Crippen molar-refractivity contribution in [3.05, 3.63) is 29.8 Å². The van der Waals surface area contributed by atoms with Crippen molar-refractivity contribution in [2.75, 3.05) is 6.61 Å². The monoisotopic (exact) mass is 467 g/mol. The Labute approximate surface area is 203 Å². The number of hydrogen-bond donors (Lipinski definition) is 2. The molecule has 3 unspecified atom stereocenters. The first-order chi connectivity index (χ1) is 16.2. The number of rotatable bonds is 6. The average molecular weight is 468 g/mol. The summed E-state index contributed by atoms with van der Waals surface area (Å²) < 4.78 is 5.84. The number of amides is 1. The van der Waals surface area contributed by atoms with Crippen LogP contribution < -0.4 is 10.5 Å². The van der Waals surface area contributed by atoms with Crippen LogP contribution in [0.5, 0.6) is 5.75 Å². The van der Waals surface area contributed by atoms with E-state index in [1.807, 2.05) is 0 Å². The van der Waals surface area contributed by atoms with Crippen molar-refractivity contribution in [2.45, 2.75) is 90.1 Å².